The smallest absolute Gasteiger partial charge is 0.326 e. The second-order valence-electron chi connectivity index (χ2n) is 3.27. The molecule has 0 heterocycles. The van der Waals surface area contributed by atoms with Gasteiger partial charge >= 0.3 is 12.0 Å². The van der Waals surface area contributed by atoms with Gasteiger partial charge in [0.25, 0.3) is 0 Å². The van der Waals surface area contributed by atoms with E-state index in [0.717, 1.165) is 0 Å². The Kier molecular flexibility index (Phi) is 7.74. The van der Waals surface area contributed by atoms with Crippen molar-refractivity contribution >= 4 is 23.8 Å². The van der Waals surface area contributed by atoms with E-state index in [1.807, 2.05) is 6.26 Å². The summed E-state index contributed by atoms with van der Waals surface area (Å²) in [6.07, 6.45) is 2.26. The maximum atomic E-state index is 11.4. The zero-order chi connectivity index (χ0) is 12.6. The molecule has 0 saturated heterocycles. The average molecular weight is 250 g/mol. The summed E-state index contributed by atoms with van der Waals surface area (Å²) in [5.74, 6) is -0.374. The number of aliphatic carboxylic acids is 1. The lowest BCUT2D eigenvalue weighted by molar-refractivity contribution is -0.139. The predicted octanol–water partition coefficient (Wildman–Crippen LogP) is -0.174. The number of nitrogens with zero attached hydrogens (tertiary/aromatic N) is 1. The molecule has 0 radical (unpaired) electrons. The number of carboxylic acids is 1. The van der Waals surface area contributed by atoms with Crippen molar-refractivity contribution in [2.45, 2.75) is 12.5 Å². The maximum absolute atomic E-state index is 11.4. The summed E-state index contributed by atoms with van der Waals surface area (Å²) in [5, 5.41) is 19.9. The van der Waals surface area contributed by atoms with E-state index in [9.17, 15) is 9.59 Å². The number of carbonyl (C=O) groups is 2. The number of hydrogen-bond acceptors (Lipinski definition) is 4. The van der Waals surface area contributed by atoms with Gasteiger partial charge in [-0.2, -0.15) is 11.8 Å². The summed E-state index contributed by atoms with van der Waals surface area (Å²) in [4.78, 5) is 23.5. The summed E-state index contributed by atoms with van der Waals surface area (Å²) < 4.78 is 0. The molecule has 0 unspecified atom stereocenters. The highest BCUT2D eigenvalue weighted by molar-refractivity contribution is 7.98. The van der Waals surface area contributed by atoms with E-state index in [1.165, 1.54) is 23.7 Å². The fraction of sp³-hybridized carbons (Fsp3) is 0.778. The molecule has 0 saturated carbocycles. The van der Waals surface area contributed by atoms with Gasteiger partial charge in [0.05, 0.1) is 6.61 Å². The molecule has 94 valence electrons. The first-order valence-corrected chi connectivity index (χ1v) is 6.26. The van der Waals surface area contributed by atoms with Crippen molar-refractivity contribution in [2.75, 3.05) is 32.2 Å². The number of aliphatic hydroxyl groups excluding tert-OH is 1. The quantitative estimate of drug-likeness (QED) is 0.583. The van der Waals surface area contributed by atoms with Crippen LogP contribution in [-0.4, -0.2) is 65.4 Å². The molecule has 0 aromatic rings. The van der Waals surface area contributed by atoms with Crippen molar-refractivity contribution in [2.24, 2.45) is 0 Å². The standard InChI is InChI=1S/C9H18N2O4S/c1-11(4-5-12)9(15)10-7(8(13)14)3-6-16-2/h7,12H,3-6H2,1-2H3,(H,10,15)(H,13,14)/t7-/m1/s1. The molecule has 0 bridgehead atoms. The van der Waals surface area contributed by atoms with E-state index in [4.69, 9.17) is 10.2 Å². The summed E-state index contributed by atoms with van der Waals surface area (Å²) >= 11 is 1.52. The second kappa shape index (κ2) is 8.23. The Balaban J connectivity index is 4.17. The molecule has 0 aromatic heterocycles. The van der Waals surface area contributed by atoms with Crippen LogP contribution < -0.4 is 5.32 Å². The van der Waals surface area contributed by atoms with Crippen LogP contribution in [0.1, 0.15) is 6.42 Å². The minimum absolute atomic E-state index is 0.146. The van der Waals surface area contributed by atoms with Crippen molar-refractivity contribution in [3.8, 4) is 0 Å². The van der Waals surface area contributed by atoms with Crippen LogP contribution >= 0.6 is 11.8 Å². The molecule has 0 fully saturated rings. The van der Waals surface area contributed by atoms with E-state index in [-0.39, 0.29) is 13.2 Å². The molecule has 0 aliphatic heterocycles. The predicted molar refractivity (Wildman–Crippen MR) is 62.7 cm³/mol. The summed E-state index contributed by atoms with van der Waals surface area (Å²) in [6.45, 7) is 0.0349. The Hall–Kier alpha value is -0.950. The van der Waals surface area contributed by atoms with Crippen molar-refractivity contribution in [3.63, 3.8) is 0 Å². The first-order chi connectivity index (χ1) is 7.52. The number of thioether (sulfide) groups is 1. The Morgan fingerprint density at radius 3 is 2.56 bits per heavy atom. The zero-order valence-corrected chi connectivity index (χ0v) is 10.3. The lowest BCUT2D eigenvalue weighted by Gasteiger charge is -2.20. The van der Waals surface area contributed by atoms with Gasteiger partial charge in [-0.05, 0) is 18.4 Å². The van der Waals surface area contributed by atoms with Crippen LogP contribution in [0.4, 0.5) is 4.79 Å². The third kappa shape index (κ3) is 5.82. The first kappa shape index (κ1) is 15.0. The van der Waals surface area contributed by atoms with Crippen LogP contribution in [0.5, 0.6) is 0 Å². The van der Waals surface area contributed by atoms with Gasteiger partial charge in [0.1, 0.15) is 6.04 Å². The lowest BCUT2D eigenvalue weighted by Crippen LogP contribution is -2.47. The number of likely N-dealkylation sites (N-methyl/N-ethyl adjacent to an activating group) is 1. The van der Waals surface area contributed by atoms with E-state index in [2.05, 4.69) is 5.32 Å². The maximum Gasteiger partial charge on any atom is 0.326 e. The molecular weight excluding hydrogens is 232 g/mol. The van der Waals surface area contributed by atoms with E-state index >= 15 is 0 Å². The van der Waals surface area contributed by atoms with Gasteiger partial charge in [0.15, 0.2) is 0 Å². The van der Waals surface area contributed by atoms with Crippen molar-refractivity contribution in [1.29, 1.82) is 0 Å². The minimum atomic E-state index is -1.04. The SMILES string of the molecule is CSCC[C@@H](NC(=O)N(C)CCO)C(=O)O. The van der Waals surface area contributed by atoms with Gasteiger partial charge in [0, 0.05) is 13.6 Å². The summed E-state index contributed by atoms with van der Waals surface area (Å²) in [6, 6.07) is -1.36. The molecular formula is C9H18N2O4S. The molecule has 2 amide bonds. The van der Waals surface area contributed by atoms with Crippen molar-refractivity contribution < 1.29 is 19.8 Å². The second-order valence-corrected chi connectivity index (χ2v) is 4.25. The molecule has 0 rings (SSSR count). The molecule has 7 heteroatoms. The fourth-order valence-corrected chi connectivity index (χ4v) is 1.48. The van der Waals surface area contributed by atoms with Crippen LogP contribution in [0.2, 0.25) is 0 Å². The van der Waals surface area contributed by atoms with Crippen molar-refractivity contribution in [1.82, 2.24) is 10.2 Å². The van der Waals surface area contributed by atoms with Gasteiger partial charge in [-0.25, -0.2) is 9.59 Å². The highest BCUT2D eigenvalue weighted by Crippen LogP contribution is 2.01. The fourth-order valence-electron chi connectivity index (χ4n) is 1.00. The molecule has 0 aliphatic carbocycles. The van der Waals surface area contributed by atoms with Crippen LogP contribution in [0.15, 0.2) is 0 Å². The van der Waals surface area contributed by atoms with Crippen LogP contribution in [0.3, 0.4) is 0 Å². The van der Waals surface area contributed by atoms with Crippen LogP contribution in [0, 0.1) is 0 Å². The number of hydrogen-bond donors (Lipinski definition) is 3. The molecule has 0 aromatic carbocycles. The van der Waals surface area contributed by atoms with Gasteiger partial charge in [-0.1, -0.05) is 0 Å². The van der Waals surface area contributed by atoms with Gasteiger partial charge in [-0.15, -0.1) is 0 Å². The van der Waals surface area contributed by atoms with Gasteiger partial charge in [0.2, 0.25) is 0 Å². The number of carboxylic acid groups (broad SMARTS) is 1. The Morgan fingerprint density at radius 1 is 1.50 bits per heavy atom. The van der Waals surface area contributed by atoms with Crippen molar-refractivity contribution in [3.05, 3.63) is 0 Å². The minimum Gasteiger partial charge on any atom is -0.480 e. The van der Waals surface area contributed by atoms with E-state index in [1.54, 1.807) is 0 Å². The zero-order valence-electron chi connectivity index (χ0n) is 9.47. The summed E-state index contributed by atoms with van der Waals surface area (Å²) in [5.41, 5.74) is 0. The van der Waals surface area contributed by atoms with Crippen LogP contribution in [-0.2, 0) is 4.79 Å². The third-order valence-electron chi connectivity index (χ3n) is 1.99. The lowest BCUT2D eigenvalue weighted by atomic mass is 10.2. The molecule has 16 heavy (non-hydrogen) atoms. The molecule has 3 N–H and O–H groups in total. The van der Waals surface area contributed by atoms with Crippen LogP contribution in [0.25, 0.3) is 0 Å². The topological polar surface area (TPSA) is 89.9 Å². The number of rotatable bonds is 7. The monoisotopic (exact) mass is 250 g/mol. The van der Waals surface area contributed by atoms with E-state index < -0.39 is 18.0 Å². The first-order valence-electron chi connectivity index (χ1n) is 4.87. The molecule has 0 aliphatic rings. The highest BCUT2D eigenvalue weighted by atomic mass is 32.2. The number of amides is 2. The van der Waals surface area contributed by atoms with Gasteiger partial charge in [-0.3, -0.25) is 0 Å². The normalized spacial score (nSPS) is 11.9. The third-order valence-corrected chi connectivity index (χ3v) is 2.63. The van der Waals surface area contributed by atoms with E-state index in [0.29, 0.717) is 12.2 Å². The Morgan fingerprint density at radius 2 is 2.12 bits per heavy atom. The van der Waals surface area contributed by atoms with Gasteiger partial charge < -0.3 is 20.4 Å². The number of aliphatic hydroxyl groups is 1. The largest absolute Gasteiger partial charge is 0.480 e. The Bertz CT molecular complexity index is 238. The Labute approximate surface area is 99.0 Å². The number of nitrogens with one attached hydrogen (secondary N) is 1. The number of urea groups is 1. The molecule has 0 spiro atoms. The molecule has 6 nitrogen and oxygen atoms in total. The summed E-state index contributed by atoms with van der Waals surface area (Å²) in [7, 11) is 1.50. The molecule has 1 atom stereocenters. The average Bonchev–Trinajstić information content (AvgIpc) is 2.23. The highest BCUT2D eigenvalue weighted by Gasteiger charge is 2.20. The number of carbonyl (C=O) groups excluding carboxylic acids is 1.